The molecule has 0 spiro atoms. The summed E-state index contributed by atoms with van der Waals surface area (Å²) in [4.78, 5) is 25.8. The van der Waals surface area contributed by atoms with Gasteiger partial charge in [0.25, 0.3) is 0 Å². The molecule has 62 heavy (non-hydrogen) atoms. The number of fused-ring (bicyclic) bond motifs is 10. The Hall–Kier alpha value is -5.97. The monoisotopic (exact) mass is 1170 g/mol. The zero-order chi connectivity index (χ0) is 40.0. The van der Waals surface area contributed by atoms with Crippen molar-refractivity contribution < 1.29 is 61.1 Å². The van der Waals surface area contributed by atoms with Crippen molar-refractivity contribution in [2.45, 2.75) is 0 Å². The summed E-state index contributed by atoms with van der Waals surface area (Å²) >= 11 is 0. The SMILES string of the molecule is CN1C=CN(c2[c-]c3c(cc2)Oc2c4c5c(c6c2B3c2[c-]c(N3C=CN(C)[CH-]3)cnc2O6)Oc2ccc(N3C=CN(C)[CH-]3)[c-]c2B5c2[c-]c(N3C=CN(C)[CH-]3)cnc2O4)[CH-]1.[Pt+4].[Pt+4]. The van der Waals surface area contributed by atoms with Crippen molar-refractivity contribution in [3.8, 4) is 46.3 Å². The van der Waals surface area contributed by atoms with Crippen molar-refractivity contribution in [1.29, 1.82) is 0 Å². The van der Waals surface area contributed by atoms with Crippen LogP contribution in [-0.2, 0) is 42.1 Å². The second-order valence-electron chi connectivity index (χ2n) is 15.6. The van der Waals surface area contributed by atoms with Crippen molar-refractivity contribution in [1.82, 2.24) is 29.6 Å². The molecule has 8 aliphatic heterocycles. The van der Waals surface area contributed by atoms with Gasteiger partial charge in [-0.05, 0) is 77.8 Å². The molecule has 0 amide bonds. The number of hydrogen-bond acceptors (Lipinski definition) is 14. The summed E-state index contributed by atoms with van der Waals surface area (Å²) < 4.78 is 27.9. The second-order valence-corrected chi connectivity index (χ2v) is 15.6. The maximum absolute atomic E-state index is 7.01. The van der Waals surface area contributed by atoms with Crippen molar-refractivity contribution in [2.75, 3.05) is 47.8 Å². The molecule has 10 heterocycles. The van der Waals surface area contributed by atoms with Gasteiger partial charge >= 0.3 is 42.1 Å². The van der Waals surface area contributed by atoms with E-state index in [9.17, 15) is 0 Å². The first-order valence-electron chi connectivity index (χ1n) is 19.4. The Bertz CT molecular complexity index is 2490. The minimum Gasteiger partial charge on any atom is -0.514 e. The average Bonchev–Trinajstić information content (AvgIpc) is 4.10. The van der Waals surface area contributed by atoms with Gasteiger partial charge < -0.3 is 68.1 Å². The van der Waals surface area contributed by atoms with Crippen LogP contribution >= 0.6 is 0 Å². The number of benzene rings is 3. The zero-order valence-electron chi connectivity index (χ0n) is 33.3. The van der Waals surface area contributed by atoms with E-state index in [2.05, 4.69) is 24.3 Å². The third kappa shape index (κ3) is 5.79. The molecule has 0 unspecified atom stereocenters. The summed E-state index contributed by atoms with van der Waals surface area (Å²) in [7, 11) is 7.94. The third-order valence-electron chi connectivity index (χ3n) is 11.6. The Labute approximate surface area is 388 Å². The van der Waals surface area contributed by atoms with E-state index < -0.39 is 13.4 Å². The molecule has 0 saturated heterocycles. The molecule has 14 nitrogen and oxygen atoms in total. The number of nitrogens with zero attached hydrogens (tertiary/aromatic N) is 10. The number of rotatable bonds is 4. The van der Waals surface area contributed by atoms with E-state index in [0.29, 0.717) is 46.3 Å². The predicted molar refractivity (Wildman–Crippen MR) is 227 cm³/mol. The summed E-state index contributed by atoms with van der Waals surface area (Å²) in [5.41, 5.74) is 7.76. The Morgan fingerprint density at radius 1 is 0.435 bits per heavy atom. The molecule has 0 radical (unpaired) electrons. The Morgan fingerprint density at radius 3 is 1.13 bits per heavy atom. The summed E-state index contributed by atoms with van der Waals surface area (Å²) in [5, 5.41) is 0. The number of pyridine rings is 2. The van der Waals surface area contributed by atoms with E-state index in [1.54, 1.807) is 12.4 Å². The summed E-state index contributed by atoms with van der Waals surface area (Å²) in [6.45, 7) is 6.99. The molecule has 0 atom stereocenters. The summed E-state index contributed by atoms with van der Waals surface area (Å²) in [5.74, 6) is 4.07. The number of ether oxygens (including phenoxy) is 4. The van der Waals surface area contributed by atoms with Crippen LogP contribution in [0.15, 0.2) is 86.3 Å². The first kappa shape index (κ1) is 38.9. The van der Waals surface area contributed by atoms with Crippen molar-refractivity contribution in [3.63, 3.8) is 0 Å². The van der Waals surface area contributed by atoms with Gasteiger partial charge in [-0.3, -0.25) is 0 Å². The van der Waals surface area contributed by atoms with Gasteiger partial charge in [-0.2, -0.15) is 50.9 Å². The van der Waals surface area contributed by atoms with Crippen LogP contribution in [-0.4, -0.2) is 71.2 Å². The van der Waals surface area contributed by atoms with Crippen LogP contribution in [0.5, 0.6) is 46.3 Å². The van der Waals surface area contributed by atoms with Gasteiger partial charge in [-0.1, -0.05) is 23.8 Å². The van der Waals surface area contributed by atoms with Crippen LogP contribution in [0.3, 0.4) is 0 Å². The Kier molecular flexibility index (Phi) is 8.97. The fraction of sp³-hybridized carbons (Fsp3) is 0.0909. The van der Waals surface area contributed by atoms with Gasteiger partial charge in [0.2, 0.25) is 13.4 Å². The molecule has 3 aromatic carbocycles. The van der Waals surface area contributed by atoms with Crippen LogP contribution in [0, 0.1) is 50.9 Å². The first-order chi connectivity index (χ1) is 29.3. The Balaban J connectivity index is 0.00000216. The van der Waals surface area contributed by atoms with Gasteiger partial charge in [-0.25, -0.2) is 0 Å². The predicted octanol–water partition coefficient (Wildman–Crippen LogP) is 2.50. The maximum Gasteiger partial charge on any atom is 4.00 e. The van der Waals surface area contributed by atoms with E-state index in [1.807, 2.05) is 168 Å². The molecule has 0 aliphatic carbocycles. The fourth-order valence-corrected chi connectivity index (χ4v) is 8.80. The molecule has 0 bridgehead atoms. The second kappa shape index (κ2) is 14.3. The van der Waals surface area contributed by atoms with Crippen LogP contribution in [0.4, 0.5) is 22.7 Å². The minimum absolute atomic E-state index is 0. The molecule has 0 saturated carbocycles. The summed E-state index contributed by atoms with van der Waals surface area (Å²) in [6, 6.07) is 22.8. The van der Waals surface area contributed by atoms with E-state index in [-0.39, 0.29) is 42.1 Å². The number of hydrogen-bond donors (Lipinski definition) is 0. The number of anilines is 4. The molecule has 2 aromatic heterocycles. The Morgan fingerprint density at radius 2 is 0.774 bits per heavy atom. The van der Waals surface area contributed by atoms with Gasteiger partial charge in [0.05, 0.1) is 11.8 Å². The molecule has 8 aliphatic rings. The molecule has 306 valence electrons. The topological polar surface area (TPSA) is 88.6 Å². The van der Waals surface area contributed by atoms with E-state index in [1.165, 1.54) is 0 Å². The molecular formula is C44H30B2N10O4Pt2. The van der Waals surface area contributed by atoms with Crippen LogP contribution in [0.1, 0.15) is 0 Å². The van der Waals surface area contributed by atoms with Gasteiger partial charge in [-0.15, -0.1) is 57.5 Å². The third-order valence-corrected chi connectivity index (χ3v) is 11.6. The van der Waals surface area contributed by atoms with Crippen LogP contribution in [0.25, 0.3) is 0 Å². The van der Waals surface area contributed by atoms with Crippen molar-refractivity contribution in [3.05, 3.63) is 137 Å². The number of aromatic nitrogens is 2. The summed E-state index contributed by atoms with van der Waals surface area (Å²) in [6.07, 6.45) is 19.4. The van der Waals surface area contributed by atoms with Gasteiger partial charge in [0.15, 0.2) is 23.0 Å². The van der Waals surface area contributed by atoms with Gasteiger partial charge in [0.1, 0.15) is 0 Å². The largest absolute Gasteiger partial charge is 4.00 e. The van der Waals surface area contributed by atoms with Crippen LogP contribution < -0.4 is 71.3 Å². The molecule has 0 N–H and O–H groups in total. The molecule has 0 fully saturated rings. The molecule has 13 rings (SSSR count). The minimum atomic E-state index is -0.474. The van der Waals surface area contributed by atoms with Gasteiger partial charge in [0, 0.05) is 22.4 Å². The fourth-order valence-electron chi connectivity index (χ4n) is 8.80. The smallest absolute Gasteiger partial charge is 0.514 e. The molecular weight excluding hydrogens is 1140 g/mol. The van der Waals surface area contributed by atoms with Crippen molar-refractivity contribution >= 4 is 69.0 Å². The van der Waals surface area contributed by atoms with Crippen LogP contribution in [0.2, 0.25) is 0 Å². The van der Waals surface area contributed by atoms with E-state index in [4.69, 9.17) is 28.9 Å². The average molecular weight is 1170 g/mol. The zero-order valence-corrected chi connectivity index (χ0v) is 37.8. The maximum atomic E-state index is 7.01. The van der Waals surface area contributed by atoms with E-state index >= 15 is 0 Å². The van der Waals surface area contributed by atoms with E-state index in [0.717, 1.165) is 55.5 Å². The first-order valence-corrected chi connectivity index (χ1v) is 19.4. The quantitative estimate of drug-likeness (QED) is 0.191. The molecule has 18 heteroatoms. The standard InChI is InChI=1S/C44H30B2N10O4.2Pt/c1-49-9-13-53(23-49)27-5-7-35-31(17-27)45-33-19-29(55-15-11-51(3)25-55)21-47-43(33)59-41-37(45)39(57-35)42-38-40(41)58-36-8-6-28(54-14-10-50(2)24-54)18-32(36)46(38)34-20-30(22-48-44(34)60-42)56-16-12-52(4)26-56;;/h5-16,21-26H,1-4H3;;/q-8;2*+4. The normalized spacial score (nSPS) is 17.4. The van der Waals surface area contributed by atoms with Crippen molar-refractivity contribution in [2.24, 2.45) is 0 Å². The molecule has 5 aromatic rings.